The van der Waals surface area contributed by atoms with Gasteiger partial charge in [0.25, 0.3) is 0 Å². The lowest BCUT2D eigenvalue weighted by atomic mass is 10.1. The minimum atomic E-state index is -0.386. The molecule has 0 aliphatic carbocycles. The number of unbranched alkanes of at least 4 members (excludes halogenated alkanes) is 1. The highest BCUT2D eigenvalue weighted by Crippen LogP contribution is 2.29. The normalized spacial score (nSPS) is 10.9. The van der Waals surface area contributed by atoms with Crippen molar-refractivity contribution in [2.75, 3.05) is 5.73 Å². The number of imidazole rings is 1. The summed E-state index contributed by atoms with van der Waals surface area (Å²) < 4.78 is 15.4. The predicted molar refractivity (Wildman–Crippen MR) is 76.7 cm³/mol. The first-order valence-electron chi connectivity index (χ1n) is 6.32. The van der Waals surface area contributed by atoms with Crippen molar-refractivity contribution in [3.05, 3.63) is 34.9 Å². The highest BCUT2D eigenvalue weighted by Gasteiger charge is 2.14. The average Bonchev–Trinajstić information content (AvgIpc) is 2.61. The van der Waals surface area contributed by atoms with Crippen molar-refractivity contribution in [1.29, 1.82) is 0 Å². The zero-order valence-electron chi connectivity index (χ0n) is 11.1. The maximum absolute atomic E-state index is 13.4. The lowest BCUT2D eigenvalue weighted by Crippen LogP contribution is -2.04. The quantitative estimate of drug-likeness (QED) is 0.919. The third-order valence-corrected chi connectivity index (χ3v) is 3.29. The van der Waals surface area contributed by atoms with Crippen LogP contribution in [-0.2, 0) is 6.54 Å². The van der Waals surface area contributed by atoms with E-state index in [1.165, 1.54) is 12.1 Å². The number of nitrogens with two attached hydrogens (primary N) is 1. The van der Waals surface area contributed by atoms with Gasteiger partial charge >= 0.3 is 0 Å². The van der Waals surface area contributed by atoms with Gasteiger partial charge in [-0.25, -0.2) is 9.37 Å². The molecule has 5 heteroatoms. The van der Waals surface area contributed by atoms with Crippen LogP contribution in [0.1, 0.15) is 25.6 Å². The molecule has 2 aromatic rings. The predicted octanol–water partition coefficient (Wildman–Crippen LogP) is 4.03. The Bertz CT molecular complexity index is 572. The highest BCUT2D eigenvalue weighted by atomic mass is 35.5. The highest BCUT2D eigenvalue weighted by molar-refractivity contribution is 6.30. The summed E-state index contributed by atoms with van der Waals surface area (Å²) in [6.07, 6.45) is 2.11. The molecular weight excluding hydrogens is 265 g/mol. The minimum absolute atomic E-state index is 0.343. The van der Waals surface area contributed by atoms with E-state index in [2.05, 4.69) is 11.9 Å². The van der Waals surface area contributed by atoms with Crippen LogP contribution in [0.4, 0.5) is 10.2 Å². The van der Waals surface area contributed by atoms with Crippen molar-refractivity contribution < 1.29 is 4.39 Å². The maximum Gasteiger partial charge on any atom is 0.131 e. The van der Waals surface area contributed by atoms with Gasteiger partial charge in [0.15, 0.2) is 0 Å². The van der Waals surface area contributed by atoms with Gasteiger partial charge in [-0.15, -0.1) is 0 Å². The Morgan fingerprint density at radius 1 is 1.37 bits per heavy atom. The van der Waals surface area contributed by atoms with Gasteiger partial charge in [0.1, 0.15) is 23.2 Å². The molecule has 3 nitrogen and oxygen atoms in total. The summed E-state index contributed by atoms with van der Waals surface area (Å²) in [7, 11) is 0. The Morgan fingerprint density at radius 2 is 2.11 bits per heavy atom. The van der Waals surface area contributed by atoms with E-state index < -0.39 is 0 Å². The number of rotatable bonds is 4. The minimum Gasteiger partial charge on any atom is -0.383 e. The summed E-state index contributed by atoms with van der Waals surface area (Å²) in [5.41, 5.74) is 7.32. The van der Waals surface area contributed by atoms with Crippen LogP contribution in [0.3, 0.4) is 0 Å². The van der Waals surface area contributed by atoms with E-state index in [0.29, 0.717) is 22.1 Å². The van der Waals surface area contributed by atoms with Gasteiger partial charge < -0.3 is 10.3 Å². The van der Waals surface area contributed by atoms with Crippen LogP contribution < -0.4 is 5.73 Å². The second-order valence-corrected chi connectivity index (χ2v) is 4.99. The maximum atomic E-state index is 13.4. The van der Waals surface area contributed by atoms with Gasteiger partial charge in [-0.3, -0.25) is 0 Å². The molecule has 19 heavy (non-hydrogen) atoms. The number of hydrogen-bond acceptors (Lipinski definition) is 2. The van der Waals surface area contributed by atoms with E-state index in [1.54, 1.807) is 6.07 Å². The Balaban J connectivity index is 2.45. The number of aryl methyl sites for hydroxylation is 1. The number of anilines is 1. The Kier molecular flexibility index (Phi) is 4.10. The van der Waals surface area contributed by atoms with Gasteiger partial charge in [0.05, 0.1) is 0 Å². The smallest absolute Gasteiger partial charge is 0.131 e. The van der Waals surface area contributed by atoms with Gasteiger partial charge in [0.2, 0.25) is 0 Å². The summed E-state index contributed by atoms with van der Waals surface area (Å²) in [6.45, 7) is 4.84. The van der Waals surface area contributed by atoms with Gasteiger partial charge in [-0.2, -0.15) is 0 Å². The van der Waals surface area contributed by atoms with E-state index in [0.717, 1.165) is 25.2 Å². The topological polar surface area (TPSA) is 43.8 Å². The first-order valence-corrected chi connectivity index (χ1v) is 6.69. The SMILES string of the molecule is CCCCn1c(C)nc(-c2cc(F)cc(Cl)c2)c1N. The molecule has 2 rings (SSSR count). The molecule has 1 heterocycles. The molecule has 0 unspecified atom stereocenters. The van der Waals surface area contributed by atoms with E-state index >= 15 is 0 Å². The Morgan fingerprint density at radius 3 is 2.74 bits per heavy atom. The molecule has 0 bridgehead atoms. The third-order valence-electron chi connectivity index (χ3n) is 3.07. The van der Waals surface area contributed by atoms with E-state index in [4.69, 9.17) is 17.3 Å². The third kappa shape index (κ3) is 2.89. The van der Waals surface area contributed by atoms with Gasteiger partial charge in [0, 0.05) is 17.1 Å². The molecule has 0 saturated carbocycles. The molecule has 0 spiro atoms. The molecule has 0 aliphatic rings. The van der Waals surface area contributed by atoms with Crippen molar-refractivity contribution >= 4 is 17.4 Å². The molecule has 1 aromatic carbocycles. The van der Waals surface area contributed by atoms with Crippen LogP contribution in [0.2, 0.25) is 5.02 Å². The Labute approximate surface area is 117 Å². The summed E-state index contributed by atoms with van der Waals surface area (Å²) >= 11 is 5.87. The monoisotopic (exact) mass is 281 g/mol. The summed E-state index contributed by atoms with van der Waals surface area (Å²) in [4.78, 5) is 4.43. The lowest BCUT2D eigenvalue weighted by molar-refractivity contribution is 0.622. The van der Waals surface area contributed by atoms with E-state index in [9.17, 15) is 4.39 Å². The molecule has 0 radical (unpaired) electrons. The molecule has 2 N–H and O–H groups in total. The summed E-state index contributed by atoms with van der Waals surface area (Å²) in [6, 6.07) is 4.34. The zero-order chi connectivity index (χ0) is 14.0. The second-order valence-electron chi connectivity index (χ2n) is 4.56. The van der Waals surface area contributed by atoms with E-state index in [-0.39, 0.29) is 5.82 Å². The first kappa shape index (κ1) is 13.9. The van der Waals surface area contributed by atoms with Crippen molar-refractivity contribution in [2.45, 2.75) is 33.2 Å². The van der Waals surface area contributed by atoms with Gasteiger partial charge in [-0.1, -0.05) is 24.9 Å². The molecule has 102 valence electrons. The zero-order valence-corrected chi connectivity index (χ0v) is 11.8. The van der Waals surface area contributed by atoms with Crippen LogP contribution in [0.5, 0.6) is 0 Å². The fourth-order valence-corrected chi connectivity index (χ4v) is 2.30. The number of nitrogens with zero attached hydrogens (tertiary/aromatic N) is 2. The average molecular weight is 282 g/mol. The van der Waals surface area contributed by atoms with E-state index in [1.807, 2.05) is 11.5 Å². The molecule has 0 amide bonds. The number of hydrogen-bond donors (Lipinski definition) is 1. The Hall–Kier alpha value is -1.55. The van der Waals surface area contributed by atoms with Crippen molar-refractivity contribution in [3.8, 4) is 11.3 Å². The standard InChI is InChI=1S/C14H17ClFN3/c1-3-4-5-19-9(2)18-13(14(19)17)10-6-11(15)8-12(16)7-10/h6-8H,3-5,17H2,1-2H3. The second kappa shape index (κ2) is 5.61. The molecule has 0 atom stereocenters. The van der Waals surface area contributed by atoms with Crippen LogP contribution in [-0.4, -0.2) is 9.55 Å². The first-order chi connectivity index (χ1) is 9.02. The van der Waals surface area contributed by atoms with Crippen molar-refractivity contribution in [2.24, 2.45) is 0 Å². The molecule has 0 fully saturated rings. The summed E-state index contributed by atoms with van der Waals surface area (Å²) in [5.74, 6) is 1.01. The van der Waals surface area contributed by atoms with Crippen molar-refractivity contribution in [3.63, 3.8) is 0 Å². The fourth-order valence-electron chi connectivity index (χ4n) is 2.08. The number of aromatic nitrogens is 2. The molecule has 1 aromatic heterocycles. The van der Waals surface area contributed by atoms with Crippen LogP contribution in [0.15, 0.2) is 18.2 Å². The molecular formula is C14H17ClFN3. The van der Waals surface area contributed by atoms with Crippen LogP contribution >= 0.6 is 11.6 Å². The lowest BCUT2D eigenvalue weighted by Gasteiger charge is -2.06. The summed E-state index contributed by atoms with van der Waals surface area (Å²) in [5, 5.41) is 0.343. The number of halogens is 2. The van der Waals surface area contributed by atoms with Crippen LogP contribution in [0.25, 0.3) is 11.3 Å². The molecule has 0 aliphatic heterocycles. The van der Waals surface area contributed by atoms with Gasteiger partial charge in [-0.05, 0) is 31.5 Å². The van der Waals surface area contributed by atoms with Crippen molar-refractivity contribution in [1.82, 2.24) is 9.55 Å². The molecule has 0 saturated heterocycles. The number of nitrogen functional groups attached to an aromatic ring is 1. The van der Waals surface area contributed by atoms with Crippen LogP contribution in [0, 0.1) is 12.7 Å². The largest absolute Gasteiger partial charge is 0.383 e. The fraction of sp³-hybridized carbons (Fsp3) is 0.357. The number of benzene rings is 1.